The van der Waals surface area contributed by atoms with Crippen molar-refractivity contribution >= 4 is 29.4 Å². The van der Waals surface area contributed by atoms with Gasteiger partial charge in [-0.2, -0.15) is 11.8 Å². The predicted molar refractivity (Wildman–Crippen MR) is 80.7 cm³/mol. The van der Waals surface area contributed by atoms with Crippen molar-refractivity contribution in [1.82, 2.24) is 4.90 Å². The predicted octanol–water partition coefficient (Wildman–Crippen LogP) is 2.66. The highest BCUT2D eigenvalue weighted by atomic mass is 32.2. The summed E-state index contributed by atoms with van der Waals surface area (Å²) in [6.07, 6.45) is 0. The molecular formula is C14H18N2O3S. The number of nitrogens with one attached hydrogen (secondary N) is 1. The molecule has 20 heavy (non-hydrogen) atoms. The number of aromatic carboxylic acids is 1. The van der Waals surface area contributed by atoms with Crippen molar-refractivity contribution < 1.29 is 14.7 Å². The van der Waals surface area contributed by atoms with Crippen molar-refractivity contribution in [2.24, 2.45) is 0 Å². The maximum atomic E-state index is 12.2. The summed E-state index contributed by atoms with van der Waals surface area (Å²) in [6, 6.07) is 4.95. The van der Waals surface area contributed by atoms with Crippen LogP contribution in [0.25, 0.3) is 0 Å². The molecule has 6 heteroatoms. The first kappa shape index (κ1) is 14.7. The van der Waals surface area contributed by atoms with Gasteiger partial charge < -0.3 is 15.3 Å². The van der Waals surface area contributed by atoms with Gasteiger partial charge in [0.05, 0.1) is 5.56 Å². The Morgan fingerprint density at radius 1 is 1.45 bits per heavy atom. The molecule has 0 radical (unpaired) electrons. The molecule has 2 N–H and O–H groups in total. The van der Waals surface area contributed by atoms with Crippen LogP contribution in [-0.2, 0) is 0 Å². The smallest absolute Gasteiger partial charge is 0.336 e. The Hall–Kier alpha value is -1.69. The Morgan fingerprint density at radius 2 is 2.20 bits per heavy atom. The fourth-order valence-corrected chi connectivity index (χ4v) is 3.17. The van der Waals surface area contributed by atoms with E-state index >= 15 is 0 Å². The van der Waals surface area contributed by atoms with E-state index in [0.29, 0.717) is 11.3 Å². The van der Waals surface area contributed by atoms with E-state index in [4.69, 9.17) is 5.11 Å². The SMILES string of the molecule is Cc1ccc(NC(=O)N2CCSCC2C)cc1C(=O)O. The topological polar surface area (TPSA) is 69.6 Å². The molecule has 1 heterocycles. The lowest BCUT2D eigenvalue weighted by Gasteiger charge is -2.33. The molecule has 0 aromatic heterocycles. The van der Waals surface area contributed by atoms with E-state index in [1.807, 2.05) is 18.7 Å². The van der Waals surface area contributed by atoms with Gasteiger partial charge in [-0.3, -0.25) is 0 Å². The van der Waals surface area contributed by atoms with Gasteiger partial charge in [-0.15, -0.1) is 0 Å². The number of hydrogen-bond acceptors (Lipinski definition) is 3. The molecule has 0 bridgehead atoms. The molecule has 1 aromatic carbocycles. The van der Waals surface area contributed by atoms with Crippen LogP contribution in [0.1, 0.15) is 22.8 Å². The minimum atomic E-state index is -0.985. The molecule has 1 aliphatic heterocycles. The van der Waals surface area contributed by atoms with E-state index in [-0.39, 0.29) is 17.6 Å². The summed E-state index contributed by atoms with van der Waals surface area (Å²) < 4.78 is 0. The van der Waals surface area contributed by atoms with E-state index in [2.05, 4.69) is 5.32 Å². The highest BCUT2D eigenvalue weighted by molar-refractivity contribution is 7.99. The molecule has 0 saturated carbocycles. The summed E-state index contributed by atoms with van der Waals surface area (Å²) in [5, 5.41) is 11.9. The largest absolute Gasteiger partial charge is 0.478 e. The minimum Gasteiger partial charge on any atom is -0.478 e. The molecule has 1 atom stereocenters. The number of carboxylic acids is 1. The lowest BCUT2D eigenvalue weighted by Crippen LogP contribution is -2.46. The van der Waals surface area contributed by atoms with Gasteiger partial charge in [-0.05, 0) is 31.5 Å². The number of benzene rings is 1. The zero-order chi connectivity index (χ0) is 14.7. The number of amides is 2. The number of carbonyl (C=O) groups is 2. The molecule has 2 amide bonds. The van der Waals surface area contributed by atoms with Gasteiger partial charge in [-0.1, -0.05) is 6.07 Å². The summed E-state index contributed by atoms with van der Waals surface area (Å²) in [5.74, 6) is 0.884. The Morgan fingerprint density at radius 3 is 2.85 bits per heavy atom. The molecule has 5 nitrogen and oxygen atoms in total. The van der Waals surface area contributed by atoms with Crippen LogP contribution in [0.5, 0.6) is 0 Å². The lowest BCUT2D eigenvalue weighted by atomic mass is 10.1. The molecule has 1 fully saturated rings. The first-order valence-electron chi connectivity index (χ1n) is 6.48. The van der Waals surface area contributed by atoms with Gasteiger partial charge in [-0.25, -0.2) is 9.59 Å². The summed E-state index contributed by atoms with van der Waals surface area (Å²) in [5.41, 5.74) is 1.41. The van der Waals surface area contributed by atoms with Crippen molar-refractivity contribution in [3.8, 4) is 0 Å². The van der Waals surface area contributed by atoms with E-state index in [1.165, 1.54) is 6.07 Å². The van der Waals surface area contributed by atoms with E-state index in [0.717, 1.165) is 18.1 Å². The summed E-state index contributed by atoms with van der Waals surface area (Å²) in [4.78, 5) is 25.1. The fraction of sp³-hybridized carbons (Fsp3) is 0.429. The second-order valence-corrected chi connectivity index (χ2v) is 6.03. The fourth-order valence-electron chi connectivity index (χ4n) is 2.15. The van der Waals surface area contributed by atoms with Crippen molar-refractivity contribution in [2.45, 2.75) is 19.9 Å². The maximum absolute atomic E-state index is 12.2. The normalized spacial score (nSPS) is 18.7. The number of aryl methyl sites for hydroxylation is 1. The van der Waals surface area contributed by atoms with Gasteiger partial charge in [0.25, 0.3) is 0 Å². The summed E-state index contributed by atoms with van der Waals surface area (Å²) in [7, 11) is 0. The van der Waals surface area contributed by atoms with Crippen LogP contribution in [0.3, 0.4) is 0 Å². The van der Waals surface area contributed by atoms with Crippen molar-refractivity contribution in [2.75, 3.05) is 23.4 Å². The van der Waals surface area contributed by atoms with E-state index in [9.17, 15) is 9.59 Å². The van der Waals surface area contributed by atoms with Crippen LogP contribution < -0.4 is 5.32 Å². The van der Waals surface area contributed by atoms with Crippen molar-refractivity contribution in [3.63, 3.8) is 0 Å². The Kier molecular flexibility index (Phi) is 4.54. The van der Waals surface area contributed by atoms with E-state index in [1.54, 1.807) is 24.0 Å². The highest BCUT2D eigenvalue weighted by Gasteiger charge is 2.23. The highest BCUT2D eigenvalue weighted by Crippen LogP contribution is 2.19. The minimum absolute atomic E-state index is 0.169. The second-order valence-electron chi connectivity index (χ2n) is 4.88. The standard InChI is InChI=1S/C14H18N2O3S/c1-9-3-4-11(7-12(9)13(17)18)15-14(19)16-5-6-20-8-10(16)2/h3-4,7,10H,5-6,8H2,1-2H3,(H,15,19)(H,17,18). The zero-order valence-electron chi connectivity index (χ0n) is 11.5. The average molecular weight is 294 g/mol. The van der Waals surface area contributed by atoms with Gasteiger partial charge >= 0.3 is 12.0 Å². The van der Waals surface area contributed by atoms with Gasteiger partial charge in [0.2, 0.25) is 0 Å². The number of carbonyl (C=O) groups excluding carboxylic acids is 1. The lowest BCUT2D eigenvalue weighted by molar-refractivity contribution is 0.0696. The van der Waals surface area contributed by atoms with Crippen LogP contribution >= 0.6 is 11.8 Å². The number of nitrogens with zero attached hydrogens (tertiary/aromatic N) is 1. The van der Waals surface area contributed by atoms with Gasteiger partial charge in [0.15, 0.2) is 0 Å². The van der Waals surface area contributed by atoms with Crippen LogP contribution in [0.2, 0.25) is 0 Å². The molecular weight excluding hydrogens is 276 g/mol. The molecule has 1 aromatic rings. The molecule has 1 unspecified atom stereocenters. The number of hydrogen-bond donors (Lipinski definition) is 2. The van der Waals surface area contributed by atoms with Crippen molar-refractivity contribution in [1.29, 1.82) is 0 Å². The number of anilines is 1. The third-order valence-electron chi connectivity index (χ3n) is 3.35. The molecule has 1 aliphatic rings. The zero-order valence-corrected chi connectivity index (χ0v) is 12.4. The van der Waals surface area contributed by atoms with Crippen LogP contribution in [0, 0.1) is 6.92 Å². The number of urea groups is 1. The average Bonchev–Trinajstić information content (AvgIpc) is 2.41. The Balaban J connectivity index is 2.11. The van der Waals surface area contributed by atoms with Crippen LogP contribution in [0.15, 0.2) is 18.2 Å². The number of carboxylic acid groups (broad SMARTS) is 1. The molecule has 108 valence electrons. The number of thioether (sulfide) groups is 1. The van der Waals surface area contributed by atoms with E-state index < -0.39 is 5.97 Å². The Labute approximate surface area is 122 Å². The van der Waals surface area contributed by atoms with Crippen LogP contribution in [0.4, 0.5) is 10.5 Å². The van der Waals surface area contributed by atoms with Crippen molar-refractivity contribution in [3.05, 3.63) is 29.3 Å². The monoisotopic (exact) mass is 294 g/mol. The van der Waals surface area contributed by atoms with Gasteiger partial charge in [0, 0.05) is 29.8 Å². The maximum Gasteiger partial charge on any atom is 0.336 e. The summed E-state index contributed by atoms with van der Waals surface area (Å²) in [6.45, 7) is 4.47. The summed E-state index contributed by atoms with van der Waals surface area (Å²) >= 11 is 1.84. The quantitative estimate of drug-likeness (QED) is 0.880. The third kappa shape index (κ3) is 3.25. The molecule has 2 rings (SSSR count). The number of rotatable bonds is 2. The first-order valence-corrected chi connectivity index (χ1v) is 7.64. The third-order valence-corrected chi connectivity index (χ3v) is 4.54. The second kappa shape index (κ2) is 6.17. The molecule has 0 aliphatic carbocycles. The van der Waals surface area contributed by atoms with Crippen LogP contribution in [-0.4, -0.2) is 46.1 Å². The molecule has 1 saturated heterocycles. The first-order chi connectivity index (χ1) is 9.49. The molecule has 0 spiro atoms. The Bertz CT molecular complexity index is 533. The van der Waals surface area contributed by atoms with Gasteiger partial charge in [0.1, 0.15) is 0 Å².